The average molecular weight is 273 g/mol. The number of carbonyl (C=O) groups excluding carboxylic acids is 1. The third-order valence-electron chi connectivity index (χ3n) is 3.08. The Labute approximate surface area is 118 Å². The fraction of sp³-hybridized carbons (Fsp3) is 0.267. The number of hydrogen-bond acceptors (Lipinski definition) is 2. The maximum Gasteiger partial charge on any atom is 0.315 e. The molecule has 0 bridgehead atoms. The van der Waals surface area contributed by atoms with Gasteiger partial charge >= 0.3 is 6.03 Å². The molecule has 20 heavy (non-hydrogen) atoms. The molecule has 2 aromatic rings. The first kappa shape index (κ1) is 14.1. The maximum absolute atomic E-state index is 11.6. The fourth-order valence-corrected chi connectivity index (χ4v) is 1.96. The fourth-order valence-electron chi connectivity index (χ4n) is 1.96. The minimum absolute atomic E-state index is 0.179. The van der Waals surface area contributed by atoms with Crippen LogP contribution in [0.1, 0.15) is 17.4 Å². The Kier molecular flexibility index (Phi) is 4.79. The lowest BCUT2D eigenvalue weighted by Crippen LogP contribution is -2.37. The van der Waals surface area contributed by atoms with E-state index in [1.54, 1.807) is 0 Å². The highest BCUT2D eigenvalue weighted by molar-refractivity contribution is 5.73. The van der Waals surface area contributed by atoms with Crippen LogP contribution < -0.4 is 10.6 Å². The smallest absolute Gasteiger partial charge is 0.315 e. The molecule has 0 saturated carbocycles. The number of amides is 2. The van der Waals surface area contributed by atoms with E-state index in [1.807, 2.05) is 60.3 Å². The molecule has 0 fully saturated rings. The van der Waals surface area contributed by atoms with Crippen LogP contribution >= 0.6 is 0 Å². The van der Waals surface area contributed by atoms with Gasteiger partial charge in [-0.2, -0.15) is 0 Å². The number of aryl methyl sites for hydroxylation is 1. The molecule has 5 nitrogen and oxygen atoms in total. The summed E-state index contributed by atoms with van der Waals surface area (Å²) in [4.78, 5) is 11.6. The minimum Gasteiger partial charge on any atom is -0.385 e. The van der Waals surface area contributed by atoms with Crippen LogP contribution in [0, 0.1) is 0 Å². The third kappa shape index (κ3) is 3.86. The molecule has 0 spiro atoms. The summed E-state index contributed by atoms with van der Waals surface area (Å²) in [5, 5.41) is 15.4. The second kappa shape index (κ2) is 6.77. The predicted molar refractivity (Wildman–Crippen MR) is 77.1 cm³/mol. The topological polar surface area (TPSA) is 66.3 Å². The Morgan fingerprint density at radius 1 is 1.20 bits per heavy atom. The molecule has 1 atom stereocenters. The first-order valence-electron chi connectivity index (χ1n) is 6.51. The number of urea groups is 1. The van der Waals surface area contributed by atoms with E-state index in [-0.39, 0.29) is 12.6 Å². The molecular weight excluding hydrogens is 254 g/mol. The Morgan fingerprint density at radius 3 is 2.60 bits per heavy atom. The van der Waals surface area contributed by atoms with E-state index < -0.39 is 6.10 Å². The maximum atomic E-state index is 11.6. The van der Waals surface area contributed by atoms with E-state index >= 15 is 0 Å². The zero-order chi connectivity index (χ0) is 14.4. The van der Waals surface area contributed by atoms with Crippen molar-refractivity contribution in [1.29, 1.82) is 0 Å². The largest absolute Gasteiger partial charge is 0.385 e. The van der Waals surface area contributed by atoms with E-state index in [1.165, 1.54) is 0 Å². The van der Waals surface area contributed by atoms with Gasteiger partial charge in [0.05, 0.1) is 6.54 Å². The number of carbonyl (C=O) groups is 1. The van der Waals surface area contributed by atoms with Crippen LogP contribution in [-0.2, 0) is 13.6 Å². The highest BCUT2D eigenvalue weighted by Crippen LogP contribution is 2.11. The van der Waals surface area contributed by atoms with Gasteiger partial charge in [-0.15, -0.1) is 0 Å². The zero-order valence-corrected chi connectivity index (χ0v) is 11.4. The summed E-state index contributed by atoms with van der Waals surface area (Å²) < 4.78 is 1.83. The number of rotatable bonds is 5. The standard InChI is InChI=1S/C15H19N3O2/c1-18-9-5-8-13(18)14(19)11-17-15(20)16-10-12-6-3-2-4-7-12/h2-9,14,19H,10-11H2,1H3,(H2,16,17,20)/t14-/m0/s1. The van der Waals surface area contributed by atoms with Crippen LogP contribution in [0.25, 0.3) is 0 Å². The third-order valence-corrected chi connectivity index (χ3v) is 3.08. The number of hydrogen-bond donors (Lipinski definition) is 3. The van der Waals surface area contributed by atoms with Crippen molar-refractivity contribution in [3.05, 3.63) is 59.9 Å². The number of aliphatic hydroxyl groups excluding tert-OH is 1. The Bertz CT molecular complexity index is 551. The first-order chi connectivity index (χ1) is 9.66. The summed E-state index contributed by atoms with van der Waals surface area (Å²) in [7, 11) is 1.86. The highest BCUT2D eigenvalue weighted by atomic mass is 16.3. The second-order valence-corrected chi connectivity index (χ2v) is 4.61. The molecule has 106 valence electrons. The molecule has 5 heteroatoms. The number of nitrogens with zero attached hydrogens (tertiary/aromatic N) is 1. The lowest BCUT2D eigenvalue weighted by atomic mass is 10.2. The summed E-state index contributed by atoms with van der Waals surface area (Å²) in [6.07, 6.45) is 1.14. The molecule has 0 unspecified atom stereocenters. The molecule has 0 saturated heterocycles. The molecule has 2 amide bonds. The lowest BCUT2D eigenvalue weighted by molar-refractivity contribution is 0.166. The second-order valence-electron chi connectivity index (χ2n) is 4.61. The summed E-state index contributed by atoms with van der Waals surface area (Å²) >= 11 is 0. The molecule has 1 heterocycles. The van der Waals surface area contributed by atoms with Gasteiger partial charge in [0.15, 0.2) is 0 Å². The van der Waals surface area contributed by atoms with Gasteiger partial charge in [-0.05, 0) is 17.7 Å². The van der Waals surface area contributed by atoms with Crippen LogP contribution in [0.2, 0.25) is 0 Å². The molecule has 0 radical (unpaired) electrons. The average Bonchev–Trinajstić information content (AvgIpc) is 2.90. The summed E-state index contributed by atoms with van der Waals surface area (Å²) in [5.74, 6) is 0. The van der Waals surface area contributed by atoms with Crippen LogP contribution in [0.15, 0.2) is 48.7 Å². The van der Waals surface area contributed by atoms with E-state index in [2.05, 4.69) is 10.6 Å². The van der Waals surface area contributed by atoms with Crippen molar-refractivity contribution < 1.29 is 9.90 Å². The van der Waals surface area contributed by atoms with Crippen LogP contribution in [-0.4, -0.2) is 22.2 Å². The number of aromatic nitrogens is 1. The normalized spacial score (nSPS) is 11.9. The molecule has 0 aliphatic rings. The minimum atomic E-state index is -0.711. The SMILES string of the molecule is Cn1cccc1[C@@H](O)CNC(=O)NCc1ccccc1. The molecule has 0 aliphatic carbocycles. The van der Waals surface area contributed by atoms with Gasteiger partial charge in [-0.25, -0.2) is 4.79 Å². The van der Waals surface area contributed by atoms with Crippen molar-refractivity contribution in [2.24, 2.45) is 7.05 Å². The summed E-state index contributed by atoms with van der Waals surface area (Å²) in [6, 6.07) is 13.1. The van der Waals surface area contributed by atoms with Crippen molar-refractivity contribution >= 4 is 6.03 Å². The first-order valence-corrected chi connectivity index (χ1v) is 6.51. The highest BCUT2D eigenvalue weighted by Gasteiger charge is 2.11. The van der Waals surface area contributed by atoms with Gasteiger partial charge in [0.2, 0.25) is 0 Å². The zero-order valence-electron chi connectivity index (χ0n) is 11.4. The van der Waals surface area contributed by atoms with E-state index in [0.29, 0.717) is 6.54 Å². The van der Waals surface area contributed by atoms with Gasteiger partial charge in [0, 0.05) is 25.5 Å². The molecular formula is C15H19N3O2. The number of nitrogens with one attached hydrogen (secondary N) is 2. The van der Waals surface area contributed by atoms with E-state index in [0.717, 1.165) is 11.3 Å². The predicted octanol–water partition coefficient (Wildman–Crippen LogP) is 1.56. The summed E-state index contributed by atoms with van der Waals surface area (Å²) in [5.41, 5.74) is 1.80. The van der Waals surface area contributed by atoms with Crippen molar-refractivity contribution in [2.75, 3.05) is 6.54 Å². The quantitative estimate of drug-likeness (QED) is 0.774. The van der Waals surface area contributed by atoms with Crippen LogP contribution in [0.5, 0.6) is 0 Å². The van der Waals surface area contributed by atoms with Gasteiger partial charge in [-0.3, -0.25) is 0 Å². The Balaban J connectivity index is 1.74. The van der Waals surface area contributed by atoms with Crippen molar-refractivity contribution in [2.45, 2.75) is 12.6 Å². The lowest BCUT2D eigenvalue weighted by Gasteiger charge is -2.13. The van der Waals surface area contributed by atoms with Crippen molar-refractivity contribution in [3.63, 3.8) is 0 Å². The molecule has 3 N–H and O–H groups in total. The molecule has 1 aromatic heterocycles. The monoisotopic (exact) mass is 273 g/mol. The molecule has 1 aromatic carbocycles. The van der Waals surface area contributed by atoms with E-state index in [4.69, 9.17) is 0 Å². The van der Waals surface area contributed by atoms with Crippen molar-refractivity contribution in [3.8, 4) is 0 Å². The van der Waals surface area contributed by atoms with Crippen LogP contribution in [0.3, 0.4) is 0 Å². The molecule has 2 rings (SSSR count). The van der Waals surface area contributed by atoms with Gasteiger partial charge < -0.3 is 20.3 Å². The van der Waals surface area contributed by atoms with Gasteiger partial charge in [0.1, 0.15) is 6.10 Å². The van der Waals surface area contributed by atoms with Crippen molar-refractivity contribution in [1.82, 2.24) is 15.2 Å². The van der Waals surface area contributed by atoms with Gasteiger partial charge in [-0.1, -0.05) is 30.3 Å². The summed E-state index contributed by atoms with van der Waals surface area (Å²) in [6.45, 7) is 0.644. The van der Waals surface area contributed by atoms with Crippen LogP contribution in [0.4, 0.5) is 4.79 Å². The Hall–Kier alpha value is -2.27. The van der Waals surface area contributed by atoms with E-state index in [9.17, 15) is 9.90 Å². The Morgan fingerprint density at radius 2 is 1.95 bits per heavy atom. The number of aliphatic hydroxyl groups is 1. The molecule has 0 aliphatic heterocycles. The number of benzene rings is 1. The van der Waals surface area contributed by atoms with Gasteiger partial charge in [0.25, 0.3) is 0 Å².